The van der Waals surface area contributed by atoms with Crippen molar-refractivity contribution in [1.29, 1.82) is 0 Å². The molecule has 0 amide bonds. The first-order chi connectivity index (χ1) is 7.43. The Morgan fingerprint density at radius 1 is 1.20 bits per heavy atom. The van der Waals surface area contributed by atoms with E-state index in [-0.39, 0.29) is 0 Å². The molecule has 0 radical (unpaired) electrons. The third-order valence-electron chi connectivity index (χ3n) is 2.00. The van der Waals surface area contributed by atoms with Gasteiger partial charge >= 0.3 is 0 Å². The number of hydrogen-bond donors (Lipinski definition) is 1. The Bertz CT molecular complexity index is 239. The van der Waals surface area contributed by atoms with E-state index in [4.69, 9.17) is 9.47 Å². The monoisotopic (exact) mass is 209 g/mol. The highest BCUT2D eigenvalue weighted by Crippen LogP contribution is 2.00. The topological polar surface area (TPSA) is 30.5 Å². The Balaban J connectivity index is 1.93. The molecule has 0 aromatic heterocycles. The van der Waals surface area contributed by atoms with Crippen molar-refractivity contribution >= 4 is 0 Å². The summed E-state index contributed by atoms with van der Waals surface area (Å²) in [5.41, 5.74) is 1.22. The van der Waals surface area contributed by atoms with E-state index in [9.17, 15) is 0 Å². The molecule has 0 atom stereocenters. The molecule has 84 valence electrons. The number of rotatable bonds is 8. The van der Waals surface area contributed by atoms with Crippen LogP contribution in [0, 0.1) is 0 Å². The van der Waals surface area contributed by atoms with Crippen LogP contribution in [0.3, 0.4) is 0 Å². The van der Waals surface area contributed by atoms with Crippen molar-refractivity contribution in [2.45, 2.75) is 13.0 Å². The molecule has 0 aliphatic carbocycles. The molecular formula is C12H19NO2. The van der Waals surface area contributed by atoms with E-state index in [0.29, 0.717) is 13.3 Å². The highest BCUT2D eigenvalue weighted by atomic mass is 16.5. The molecule has 3 heteroatoms. The maximum atomic E-state index is 5.52. The second kappa shape index (κ2) is 8.41. The summed E-state index contributed by atoms with van der Waals surface area (Å²) < 4.78 is 10.4. The van der Waals surface area contributed by atoms with Gasteiger partial charge in [0.1, 0.15) is 0 Å². The second-order valence-corrected chi connectivity index (χ2v) is 3.32. The first-order valence-electron chi connectivity index (χ1n) is 5.25. The van der Waals surface area contributed by atoms with E-state index < -0.39 is 0 Å². The largest absolute Gasteiger partial charge is 0.377 e. The smallest absolute Gasteiger partial charge is 0.0961 e. The molecule has 0 aliphatic heterocycles. The Kier molecular flexibility index (Phi) is 6.83. The number of methoxy groups -OCH3 is 1. The minimum atomic E-state index is 0.610. The van der Waals surface area contributed by atoms with Gasteiger partial charge in [-0.15, -0.1) is 0 Å². The zero-order valence-corrected chi connectivity index (χ0v) is 9.24. The van der Waals surface area contributed by atoms with E-state index in [1.807, 2.05) is 18.2 Å². The average Bonchev–Trinajstić information content (AvgIpc) is 2.29. The van der Waals surface area contributed by atoms with Crippen LogP contribution in [0.5, 0.6) is 0 Å². The lowest BCUT2D eigenvalue weighted by molar-refractivity contribution is 0.114. The Hall–Kier alpha value is -0.900. The van der Waals surface area contributed by atoms with E-state index in [1.54, 1.807) is 7.11 Å². The summed E-state index contributed by atoms with van der Waals surface area (Å²) in [5, 5.41) is 3.13. The van der Waals surface area contributed by atoms with Gasteiger partial charge in [-0.2, -0.15) is 0 Å². The normalized spacial score (nSPS) is 10.5. The number of nitrogens with one attached hydrogen (secondary N) is 1. The summed E-state index contributed by atoms with van der Waals surface area (Å²) >= 11 is 0. The first kappa shape index (κ1) is 12.2. The van der Waals surface area contributed by atoms with Crippen LogP contribution in [0.4, 0.5) is 0 Å². The van der Waals surface area contributed by atoms with Gasteiger partial charge in [-0.05, 0) is 18.5 Å². The fourth-order valence-electron chi connectivity index (χ4n) is 1.24. The van der Waals surface area contributed by atoms with E-state index >= 15 is 0 Å². The van der Waals surface area contributed by atoms with Gasteiger partial charge in [0, 0.05) is 13.7 Å². The molecule has 1 aromatic carbocycles. The summed E-state index contributed by atoms with van der Waals surface area (Å²) in [6, 6.07) is 10.2. The van der Waals surface area contributed by atoms with Gasteiger partial charge in [-0.25, -0.2) is 0 Å². The molecule has 0 unspecified atom stereocenters. The number of benzene rings is 1. The molecule has 15 heavy (non-hydrogen) atoms. The van der Waals surface area contributed by atoms with Gasteiger partial charge in [0.05, 0.1) is 13.3 Å². The van der Waals surface area contributed by atoms with Crippen LogP contribution in [0.1, 0.15) is 12.0 Å². The summed E-state index contributed by atoms with van der Waals surface area (Å²) in [6.45, 7) is 3.03. The molecule has 3 nitrogen and oxygen atoms in total. The van der Waals surface area contributed by atoms with Crippen molar-refractivity contribution < 1.29 is 9.47 Å². The van der Waals surface area contributed by atoms with Crippen LogP contribution < -0.4 is 5.32 Å². The van der Waals surface area contributed by atoms with Crippen molar-refractivity contribution in [2.75, 3.05) is 27.0 Å². The minimum Gasteiger partial charge on any atom is -0.377 e. The van der Waals surface area contributed by atoms with E-state index in [0.717, 1.165) is 19.6 Å². The van der Waals surface area contributed by atoms with Gasteiger partial charge in [-0.3, -0.25) is 5.32 Å². The lowest BCUT2D eigenvalue weighted by Crippen LogP contribution is -2.19. The van der Waals surface area contributed by atoms with Crippen molar-refractivity contribution in [3.8, 4) is 0 Å². The zero-order chi connectivity index (χ0) is 10.8. The Labute approximate surface area is 91.4 Å². The quantitative estimate of drug-likeness (QED) is 0.523. The van der Waals surface area contributed by atoms with Gasteiger partial charge in [0.25, 0.3) is 0 Å². The molecular weight excluding hydrogens is 190 g/mol. The average molecular weight is 209 g/mol. The molecule has 0 fully saturated rings. The molecule has 1 rings (SSSR count). The van der Waals surface area contributed by atoms with Crippen molar-refractivity contribution in [3.05, 3.63) is 35.9 Å². The van der Waals surface area contributed by atoms with Crippen LogP contribution in [0.15, 0.2) is 30.3 Å². The van der Waals surface area contributed by atoms with Gasteiger partial charge in [0.15, 0.2) is 0 Å². The molecule has 0 bridgehead atoms. The van der Waals surface area contributed by atoms with Crippen LogP contribution in [0.2, 0.25) is 0 Å². The Morgan fingerprint density at radius 2 is 2.00 bits per heavy atom. The predicted molar refractivity (Wildman–Crippen MR) is 60.6 cm³/mol. The lowest BCUT2D eigenvalue weighted by Gasteiger charge is -2.05. The van der Waals surface area contributed by atoms with Crippen LogP contribution in [-0.2, 0) is 16.1 Å². The SMILES string of the molecule is COCNCCCOCc1ccccc1. The fourth-order valence-corrected chi connectivity index (χ4v) is 1.24. The summed E-state index contributed by atoms with van der Waals surface area (Å²) in [7, 11) is 1.68. The maximum Gasteiger partial charge on any atom is 0.0961 e. The highest BCUT2D eigenvalue weighted by molar-refractivity contribution is 5.13. The third-order valence-corrected chi connectivity index (χ3v) is 2.00. The highest BCUT2D eigenvalue weighted by Gasteiger charge is 1.91. The van der Waals surface area contributed by atoms with Crippen molar-refractivity contribution in [2.24, 2.45) is 0 Å². The van der Waals surface area contributed by atoms with Gasteiger partial charge in [-0.1, -0.05) is 30.3 Å². The van der Waals surface area contributed by atoms with Crippen molar-refractivity contribution in [3.63, 3.8) is 0 Å². The van der Waals surface area contributed by atoms with Crippen LogP contribution in [-0.4, -0.2) is 27.0 Å². The minimum absolute atomic E-state index is 0.610. The van der Waals surface area contributed by atoms with Gasteiger partial charge < -0.3 is 9.47 Å². The van der Waals surface area contributed by atoms with Crippen molar-refractivity contribution in [1.82, 2.24) is 5.32 Å². The molecule has 0 saturated carbocycles. The maximum absolute atomic E-state index is 5.52. The molecule has 0 saturated heterocycles. The summed E-state index contributed by atoms with van der Waals surface area (Å²) in [5.74, 6) is 0. The summed E-state index contributed by atoms with van der Waals surface area (Å²) in [6.07, 6.45) is 1.01. The third kappa shape index (κ3) is 6.23. The number of hydrogen-bond acceptors (Lipinski definition) is 3. The lowest BCUT2D eigenvalue weighted by atomic mass is 10.2. The molecule has 0 spiro atoms. The van der Waals surface area contributed by atoms with E-state index in [2.05, 4.69) is 17.4 Å². The van der Waals surface area contributed by atoms with Crippen LogP contribution in [0.25, 0.3) is 0 Å². The fraction of sp³-hybridized carbons (Fsp3) is 0.500. The number of ether oxygens (including phenoxy) is 2. The molecule has 0 heterocycles. The zero-order valence-electron chi connectivity index (χ0n) is 9.24. The predicted octanol–water partition coefficient (Wildman–Crippen LogP) is 1.79. The molecule has 1 N–H and O–H groups in total. The standard InChI is InChI=1S/C12H19NO2/c1-14-11-13-8-5-9-15-10-12-6-3-2-4-7-12/h2-4,6-7,13H,5,8-11H2,1H3. The second-order valence-electron chi connectivity index (χ2n) is 3.32. The molecule has 0 aliphatic rings. The Morgan fingerprint density at radius 3 is 2.73 bits per heavy atom. The molecule has 1 aromatic rings. The first-order valence-corrected chi connectivity index (χ1v) is 5.25. The van der Waals surface area contributed by atoms with E-state index in [1.165, 1.54) is 5.56 Å². The summed E-state index contributed by atoms with van der Waals surface area (Å²) in [4.78, 5) is 0. The van der Waals surface area contributed by atoms with Gasteiger partial charge in [0.2, 0.25) is 0 Å². The van der Waals surface area contributed by atoms with Crippen LogP contribution >= 0.6 is 0 Å².